The normalized spacial score (nSPS) is 10.9. The highest BCUT2D eigenvalue weighted by atomic mass is 32.2. The van der Waals surface area contributed by atoms with Crippen molar-refractivity contribution in [3.05, 3.63) is 89.5 Å². The first kappa shape index (κ1) is 21.7. The Morgan fingerprint density at radius 3 is 2.16 bits per heavy atom. The van der Waals surface area contributed by atoms with Gasteiger partial charge in [0.2, 0.25) is 0 Å². The molecule has 0 saturated heterocycles. The highest BCUT2D eigenvalue weighted by molar-refractivity contribution is 7.92. The number of amides is 1. The summed E-state index contributed by atoms with van der Waals surface area (Å²) in [5.41, 5.74) is 0.545. The Kier molecular flexibility index (Phi) is 6.17. The van der Waals surface area contributed by atoms with Gasteiger partial charge >= 0.3 is 0 Å². The largest absolute Gasteiger partial charge is 0.545 e. The summed E-state index contributed by atoms with van der Waals surface area (Å²) in [5.74, 6) is -2.28. The van der Waals surface area contributed by atoms with E-state index >= 15 is 0 Å². The number of hydrogen-bond donors (Lipinski definition) is 2. The first-order valence-corrected chi connectivity index (χ1v) is 10.5. The molecule has 8 nitrogen and oxygen atoms in total. The maximum absolute atomic E-state index is 12.7. The molecule has 0 unspecified atom stereocenters. The lowest BCUT2D eigenvalue weighted by atomic mass is 10.1. The molecule has 3 aromatic rings. The first-order chi connectivity index (χ1) is 14.7. The molecule has 0 aromatic heterocycles. The third kappa shape index (κ3) is 5.14. The minimum absolute atomic E-state index is 0.0166. The number of benzene rings is 3. The smallest absolute Gasteiger partial charge is 0.261 e. The minimum atomic E-state index is -4.02. The lowest BCUT2D eigenvalue weighted by Crippen LogP contribution is -2.24. The molecule has 0 bridgehead atoms. The number of Topliss-reactive ketones (excluding diaryl/α,β-unsaturated/α-hetero) is 1. The van der Waals surface area contributed by atoms with Crippen molar-refractivity contribution in [1.29, 1.82) is 0 Å². The Labute approximate surface area is 178 Å². The standard InChI is InChI=1S/C22H18N2O6S/c1-14(25)15-9-11-17(12-10-15)24-31(29,30)18-6-4-5-16(13-18)21(26)23-20-8-3-2-7-19(20)22(27)28/h2-13,24H,1H3,(H,23,26)(H,27,28)/p-1. The van der Waals surface area contributed by atoms with Crippen molar-refractivity contribution in [2.75, 3.05) is 10.0 Å². The minimum Gasteiger partial charge on any atom is -0.545 e. The zero-order valence-electron chi connectivity index (χ0n) is 16.3. The number of para-hydroxylation sites is 1. The summed E-state index contributed by atoms with van der Waals surface area (Å²) in [7, 11) is -4.02. The van der Waals surface area contributed by atoms with Gasteiger partial charge in [-0.15, -0.1) is 0 Å². The monoisotopic (exact) mass is 437 g/mol. The first-order valence-electron chi connectivity index (χ1n) is 9.03. The number of carbonyl (C=O) groups excluding carboxylic acids is 3. The number of carboxylic acids is 1. The highest BCUT2D eigenvalue weighted by Crippen LogP contribution is 2.20. The molecule has 3 aromatic carbocycles. The van der Waals surface area contributed by atoms with Crippen LogP contribution in [0.2, 0.25) is 0 Å². The fourth-order valence-electron chi connectivity index (χ4n) is 2.76. The molecule has 0 spiro atoms. The molecule has 2 N–H and O–H groups in total. The van der Waals surface area contributed by atoms with Crippen LogP contribution >= 0.6 is 0 Å². The molecule has 0 saturated carbocycles. The van der Waals surface area contributed by atoms with Crippen molar-refractivity contribution in [3.63, 3.8) is 0 Å². The molecule has 0 aliphatic heterocycles. The molecule has 0 aliphatic rings. The summed E-state index contributed by atoms with van der Waals surface area (Å²) in [6.45, 7) is 1.40. The molecule has 9 heteroatoms. The van der Waals surface area contributed by atoms with Gasteiger partial charge in [-0.2, -0.15) is 0 Å². The van der Waals surface area contributed by atoms with Gasteiger partial charge < -0.3 is 15.2 Å². The van der Waals surface area contributed by atoms with Gasteiger partial charge in [0, 0.05) is 22.4 Å². The van der Waals surface area contributed by atoms with Gasteiger partial charge in [-0.1, -0.05) is 24.3 Å². The van der Waals surface area contributed by atoms with E-state index < -0.39 is 21.9 Å². The van der Waals surface area contributed by atoms with Gasteiger partial charge in [-0.05, 0) is 55.5 Å². The van der Waals surface area contributed by atoms with E-state index in [4.69, 9.17) is 0 Å². The van der Waals surface area contributed by atoms with E-state index in [0.717, 1.165) is 0 Å². The Hall–Kier alpha value is -3.98. The third-order valence-corrected chi connectivity index (χ3v) is 5.72. The van der Waals surface area contributed by atoms with Crippen LogP contribution in [0.15, 0.2) is 77.7 Å². The zero-order valence-corrected chi connectivity index (χ0v) is 17.1. The van der Waals surface area contributed by atoms with E-state index in [9.17, 15) is 27.9 Å². The Bertz CT molecular complexity index is 1270. The zero-order chi connectivity index (χ0) is 22.6. The van der Waals surface area contributed by atoms with Gasteiger partial charge in [-0.3, -0.25) is 14.3 Å². The van der Waals surface area contributed by atoms with Crippen LogP contribution in [-0.4, -0.2) is 26.1 Å². The molecule has 158 valence electrons. The van der Waals surface area contributed by atoms with E-state index in [1.54, 1.807) is 6.07 Å². The van der Waals surface area contributed by atoms with Crippen molar-refractivity contribution in [1.82, 2.24) is 0 Å². The van der Waals surface area contributed by atoms with Crippen molar-refractivity contribution < 1.29 is 27.9 Å². The van der Waals surface area contributed by atoms with Crippen molar-refractivity contribution in [2.45, 2.75) is 11.8 Å². The Morgan fingerprint density at radius 1 is 0.839 bits per heavy atom. The fourth-order valence-corrected chi connectivity index (χ4v) is 3.86. The van der Waals surface area contributed by atoms with E-state index in [1.807, 2.05) is 0 Å². The topological polar surface area (TPSA) is 132 Å². The number of ketones is 1. The van der Waals surface area contributed by atoms with E-state index in [1.165, 1.54) is 73.7 Å². The van der Waals surface area contributed by atoms with Crippen LogP contribution in [0.5, 0.6) is 0 Å². The van der Waals surface area contributed by atoms with Crippen LogP contribution in [0.3, 0.4) is 0 Å². The second-order valence-electron chi connectivity index (χ2n) is 6.55. The predicted octanol–water partition coefficient (Wildman–Crippen LogP) is 2.31. The molecule has 0 radical (unpaired) electrons. The second kappa shape index (κ2) is 8.80. The molecule has 0 heterocycles. The third-order valence-electron chi connectivity index (χ3n) is 4.35. The van der Waals surface area contributed by atoms with Crippen molar-refractivity contribution in [3.8, 4) is 0 Å². The molecule has 0 aliphatic carbocycles. The lowest BCUT2D eigenvalue weighted by Gasteiger charge is -2.12. The van der Waals surface area contributed by atoms with Crippen LogP contribution < -0.4 is 15.1 Å². The summed E-state index contributed by atoms with van der Waals surface area (Å²) < 4.78 is 27.8. The maximum atomic E-state index is 12.7. The van der Waals surface area contributed by atoms with Gasteiger partial charge in [0.05, 0.1) is 16.6 Å². The van der Waals surface area contributed by atoms with Gasteiger partial charge in [0.15, 0.2) is 5.78 Å². The summed E-state index contributed by atoms with van der Waals surface area (Å²) in [5, 5.41) is 13.6. The van der Waals surface area contributed by atoms with Crippen LogP contribution in [0.25, 0.3) is 0 Å². The molecule has 0 atom stereocenters. The SMILES string of the molecule is CC(=O)c1ccc(NS(=O)(=O)c2cccc(C(=O)Nc3ccccc3C(=O)[O-])c2)cc1. The Balaban J connectivity index is 1.82. The summed E-state index contributed by atoms with van der Waals surface area (Å²) in [6, 6.07) is 16.9. The van der Waals surface area contributed by atoms with E-state index in [-0.39, 0.29) is 33.2 Å². The number of carbonyl (C=O) groups is 3. The summed E-state index contributed by atoms with van der Waals surface area (Å²) >= 11 is 0. The van der Waals surface area contributed by atoms with Gasteiger partial charge in [0.25, 0.3) is 15.9 Å². The number of aromatic carboxylic acids is 1. The molecule has 1 amide bonds. The highest BCUT2D eigenvalue weighted by Gasteiger charge is 2.17. The Morgan fingerprint density at radius 2 is 1.52 bits per heavy atom. The summed E-state index contributed by atoms with van der Waals surface area (Å²) in [4.78, 5) is 34.9. The maximum Gasteiger partial charge on any atom is 0.261 e. The molecular formula is C22H17N2O6S-. The van der Waals surface area contributed by atoms with Crippen LogP contribution in [0, 0.1) is 0 Å². The average molecular weight is 437 g/mol. The second-order valence-corrected chi connectivity index (χ2v) is 8.24. The summed E-state index contributed by atoms with van der Waals surface area (Å²) in [6.07, 6.45) is 0. The van der Waals surface area contributed by atoms with E-state index in [0.29, 0.717) is 5.56 Å². The van der Waals surface area contributed by atoms with Crippen molar-refractivity contribution in [2.24, 2.45) is 0 Å². The number of sulfonamides is 1. The number of hydrogen-bond acceptors (Lipinski definition) is 6. The van der Waals surface area contributed by atoms with Crippen LogP contribution in [0.1, 0.15) is 38.0 Å². The van der Waals surface area contributed by atoms with Crippen LogP contribution in [0.4, 0.5) is 11.4 Å². The number of rotatable bonds is 7. The molecule has 3 rings (SSSR count). The van der Waals surface area contributed by atoms with E-state index in [2.05, 4.69) is 10.0 Å². The quantitative estimate of drug-likeness (QED) is 0.545. The number of carboxylic acid groups (broad SMARTS) is 1. The average Bonchev–Trinajstić information content (AvgIpc) is 2.74. The van der Waals surface area contributed by atoms with Crippen molar-refractivity contribution >= 4 is 39.1 Å². The number of nitrogens with one attached hydrogen (secondary N) is 2. The van der Waals surface area contributed by atoms with Gasteiger partial charge in [-0.25, -0.2) is 8.42 Å². The van der Waals surface area contributed by atoms with Gasteiger partial charge in [0.1, 0.15) is 0 Å². The molecule has 31 heavy (non-hydrogen) atoms. The van der Waals surface area contributed by atoms with Crippen LogP contribution in [-0.2, 0) is 10.0 Å². The lowest BCUT2D eigenvalue weighted by molar-refractivity contribution is -0.254. The predicted molar refractivity (Wildman–Crippen MR) is 112 cm³/mol. The number of anilines is 2. The molecule has 0 fully saturated rings. The molecular weight excluding hydrogens is 420 g/mol. The fraction of sp³-hybridized carbons (Fsp3) is 0.0455.